The summed E-state index contributed by atoms with van der Waals surface area (Å²) in [6, 6.07) is 5.54. The van der Waals surface area contributed by atoms with Gasteiger partial charge in [0.15, 0.2) is 0 Å². The number of methoxy groups -OCH3 is 1. The minimum Gasteiger partial charge on any atom is -0.496 e. The second-order valence-electron chi connectivity index (χ2n) is 8.53. The standard InChI is InChI=1S/C26H23F3N4O3/c1-35-23-5-3-17(12-21(23)26(27,28)29)16-2-4-22-20(11-16)24(32-15-31-22)18-10-19(14-30-13-18)25(34)33-6-8-36-9-7-33/h2-3,5,10-15,22H,4,6-9H2,1H3. The molecular weight excluding hydrogens is 473 g/mol. The number of amides is 1. The van der Waals surface area contributed by atoms with E-state index in [2.05, 4.69) is 15.0 Å². The van der Waals surface area contributed by atoms with E-state index < -0.39 is 11.7 Å². The first-order valence-corrected chi connectivity index (χ1v) is 11.4. The predicted octanol–water partition coefficient (Wildman–Crippen LogP) is 4.19. The molecule has 0 spiro atoms. The molecular formula is C26H23F3N4O3. The SMILES string of the molecule is COc1ccc(C2=CCC3N=CN=C(c4cncc(C(=O)N5CCOCC5)c4)C3=C2)cc1C(F)(F)F. The van der Waals surface area contributed by atoms with Crippen molar-refractivity contribution in [2.75, 3.05) is 33.4 Å². The van der Waals surface area contributed by atoms with E-state index >= 15 is 0 Å². The van der Waals surface area contributed by atoms with Crippen LogP contribution in [-0.4, -0.2) is 67.3 Å². The number of hydrogen-bond acceptors (Lipinski definition) is 6. The van der Waals surface area contributed by atoms with Gasteiger partial charge in [-0.2, -0.15) is 13.2 Å². The van der Waals surface area contributed by atoms with E-state index in [4.69, 9.17) is 9.47 Å². The zero-order valence-electron chi connectivity index (χ0n) is 19.5. The fourth-order valence-corrected chi connectivity index (χ4v) is 4.49. The van der Waals surface area contributed by atoms with Crippen molar-refractivity contribution in [1.82, 2.24) is 9.88 Å². The molecule has 1 saturated heterocycles. The Labute approximate surface area is 205 Å². The highest BCUT2D eigenvalue weighted by atomic mass is 19.4. The first kappa shape index (κ1) is 23.9. The number of hydrogen-bond donors (Lipinski definition) is 0. The maximum Gasteiger partial charge on any atom is 0.419 e. The molecule has 1 aromatic heterocycles. The first-order chi connectivity index (χ1) is 17.3. The third kappa shape index (κ3) is 4.68. The quantitative estimate of drug-likeness (QED) is 0.636. The molecule has 1 aromatic carbocycles. The molecule has 1 aliphatic carbocycles. The lowest BCUT2D eigenvalue weighted by atomic mass is 9.86. The molecule has 36 heavy (non-hydrogen) atoms. The van der Waals surface area contributed by atoms with Crippen LogP contribution in [0.2, 0.25) is 0 Å². The van der Waals surface area contributed by atoms with E-state index in [1.54, 1.807) is 23.2 Å². The Kier molecular flexibility index (Phi) is 6.44. The van der Waals surface area contributed by atoms with Crippen LogP contribution in [0.25, 0.3) is 5.57 Å². The Hall–Kier alpha value is -3.79. The Bertz CT molecular complexity index is 1310. The Morgan fingerprint density at radius 1 is 1.14 bits per heavy atom. The van der Waals surface area contributed by atoms with E-state index in [1.807, 2.05) is 12.2 Å². The van der Waals surface area contributed by atoms with Crippen LogP contribution in [0.3, 0.4) is 0 Å². The molecule has 10 heteroatoms. The molecule has 1 atom stereocenters. The Balaban J connectivity index is 1.48. The number of ether oxygens (including phenoxy) is 2. The number of pyridine rings is 1. The Morgan fingerprint density at radius 2 is 1.94 bits per heavy atom. The van der Waals surface area contributed by atoms with Gasteiger partial charge in [-0.1, -0.05) is 12.1 Å². The van der Waals surface area contributed by atoms with Gasteiger partial charge in [-0.25, -0.2) is 4.99 Å². The van der Waals surface area contributed by atoms with Crippen LogP contribution in [0.15, 0.2) is 64.4 Å². The first-order valence-electron chi connectivity index (χ1n) is 11.4. The normalized spacial score (nSPS) is 19.7. The summed E-state index contributed by atoms with van der Waals surface area (Å²) >= 11 is 0. The van der Waals surface area contributed by atoms with Crippen molar-refractivity contribution in [2.45, 2.75) is 18.6 Å². The third-order valence-corrected chi connectivity index (χ3v) is 6.33. The van der Waals surface area contributed by atoms with Gasteiger partial charge in [0, 0.05) is 36.6 Å². The van der Waals surface area contributed by atoms with Gasteiger partial charge in [0.2, 0.25) is 0 Å². The number of carbonyl (C=O) groups excluding carboxylic acids is 1. The molecule has 1 unspecified atom stereocenters. The van der Waals surface area contributed by atoms with Crippen LogP contribution in [0.5, 0.6) is 5.75 Å². The number of alkyl halides is 3. The van der Waals surface area contributed by atoms with Crippen molar-refractivity contribution in [3.8, 4) is 5.75 Å². The highest BCUT2D eigenvalue weighted by Gasteiger charge is 2.35. The molecule has 7 nitrogen and oxygen atoms in total. The van der Waals surface area contributed by atoms with Crippen molar-refractivity contribution < 1.29 is 27.4 Å². The van der Waals surface area contributed by atoms with Gasteiger partial charge in [-0.05, 0) is 41.8 Å². The molecule has 5 rings (SSSR count). The summed E-state index contributed by atoms with van der Waals surface area (Å²) in [5.74, 6) is -0.365. The second kappa shape index (κ2) is 9.69. The summed E-state index contributed by atoms with van der Waals surface area (Å²) in [5.41, 5.74) is 2.64. The molecule has 2 aromatic rings. The van der Waals surface area contributed by atoms with Crippen molar-refractivity contribution in [3.05, 3.63) is 76.6 Å². The van der Waals surface area contributed by atoms with E-state index in [0.717, 1.165) is 11.6 Å². The maximum atomic E-state index is 13.6. The van der Waals surface area contributed by atoms with Gasteiger partial charge >= 0.3 is 6.18 Å². The number of aromatic nitrogens is 1. The highest BCUT2D eigenvalue weighted by molar-refractivity contribution is 6.18. The summed E-state index contributed by atoms with van der Waals surface area (Å²) in [6.45, 7) is 2.01. The van der Waals surface area contributed by atoms with E-state index in [-0.39, 0.29) is 17.7 Å². The fraction of sp³-hybridized carbons (Fsp3) is 0.308. The lowest BCUT2D eigenvalue weighted by Crippen LogP contribution is -2.40. The van der Waals surface area contributed by atoms with Gasteiger partial charge in [-0.15, -0.1) is 0 Å². The second-order valence-corrected chi connectivity index (χ2v) is 8.53. The molecule has 0 N–H and O–H groups in total. The monoisotopic (exact) mass is 496 g/mol. The van der Waals surface area contributed by atoms with Gasteiger partial charge < -0.3 is 14.4 Å². The zero-order valence-corrected chi connectivity index (χ0v) is 19.5. The van der Waals surface area contributed by atoms with Crippen LogP contribution in [0.1, 0.15) is 33.5 Å². The number of carbonyl (C=O) groups is 1. The molecule has 3 aliphatic rings. The molecule has 3 heterocycles. The van der Waals surface area contributed by atoms with Crippen molar-refractivity contribution in [1.29, 1.82) is 0 Å². The highest BCUT2D eigenvalue weighted by Crippen LogP contribution is 2.39. The lowest BCUT2D eigenvalue weighted by Gasteiger charge is -2.27. The Morgan fingerprint density at radius 3 is 2.69 bits per heavy atom. The average Bonchev–Trinajstić information content (AvgIpc) is 2.91. The number of morpholine rings is 1. The molecule has 186 valence electrons. The average molecular weight is 496 g/mol. The van der Waals surface area contributed by atoms with E-state index in [1.165, 1.54) is 25.7 Å². The number of aliphatic imine (C=N–C) groups is 2. The van der Waals surface area contributed by atoms with Gasteiger partial charge in [-0.3, -0.25) is 14.8 Å². The van der Waals surface area contributed by atoms with Crippen molar-refractivity contribution in [2.24, 2.45) is 9.98 Å². The number of fused-ring (bicyclic) bond motifs is 1. The summed E-state index contributed by atoms with van der Waals surface area (Å²) < 4.78 is 51.0. The van der Waals surface area contributed by atoms with Gasteiger partial charge in [0.05, 0.1) is 43.2 Å². The summed E-state index contributed by atoms with van der Waals surface area (Å²) in [6.07, 6.45) is 4.25. The van der Waals surface area contributed by atoms with Gasteiger partial charge in [0.25, 0.3) is 5.91 Å². The summed E-state index contributed by atoms with van der Waals surface area (Å²) in [4.78, 5) is 27.8. The molecule has 2 aliphatic heterocycles. The van der Waals surface area contributed by atoms with E-state index in [0.29, 0.717) is 60.7 Å². The minimum atomic E-state index is -4.55. The number of rotatable bonds is 4. The smallest absolute Gasteiger partial charge is 0.419 e. The molecule has 1 fully saturated rings. The fourth-order valence-electron chi connectivity index (χ4n) is 4.49. The van der Waals surface area contributed by atoms with Gasteiger partial charge in [0.1, 0.15) is 12.1 Å². The maximum absolute atomic E-state index is 13.6. The molecule has 1 amide bonds. The third-order valence-electron chi connectivity index (χ3n) is 6.33. The summed E-state index contributed by atoms with van der Waals surface area (Å²) in [7, 11) is 1.21. The van der Waals surface area contributed by atoms with Crippen LogP contribution in [0, 0.1) is 0 Å². The van der Waals surface area contributed by atoms with Crippen molar-refractivity contribution >= 4 is 23.5 Å². The van der Waals surface area contributed by atoms with Crippen LogP contribution >= 0.6 is 0 Å². The summed E-state index contributed by atoms with van der Waals surface area (Å²) in [5, 5.41) is 0. The number of nitrogens with zero attached hydrogens (tertiary/aromatic N) is 4. The number of benzene rings is 1. The zero-order chi connectivity index (χ0) is 25.3. The number of halogens is 3. The minimum absolute atomic E-state index is 0.134. The largest absolute Gasteiger partial charge is 0.496 e. The molecule has 0 bridgehead atoms. The topological polar surface area (TPSA) is 76.4 Å². The van der Waals surface area contributed by atoms with E-state index in [9.17, 15) is 18.0 Å². The number of allylic oxidation sites excluding steroid dienone is 2. The van der Waals surface area contributed by atoms with Crippen molar-refractivity contribution in [3.63, 3.8) is 0 Å². The van der Waals surface area contributed by atoms with Crippen LogP contribution in [0.4, 0.5) is 13.2 Å². The van der Waals surface area contributed by atoms with Crippen LogP contribution < -0.4 is 4.74 Å². The lowest BCUT2D eigenvalue weighted by molar-refractivity contribution is -0.138. The molecule has 0 radical (unpaired) electrons. The van der Waals surface area contributed by atoms with Crippen LogP contribution in [-0.2, 0) is 10.9 Å². The molecule has 0 saturated carbocycles. The predicted molar refractivity (Wildman–Crippen MR) is 128 cm³/mol.